The molecule has 0 radical (unpaired) electrons. The van der Waals surface area contributed by atoms with E-state index in [1.165, 1.54) is 4.52 Å². The molecule has 0 aliphatic carbocycles. The smallest absolute Gasteiger partial charge is 0.179 e. The molecule has 0 amide bonds. The van der Waals surface area contributed by atoms with Crippen molar-refractivity contribution in [3.05, 3.63) is 29.3 Å². The molecule has 2 aromatic rings. The fraction of sp³-hybridized carbons (Fsp3) is 0. The number of nitrogens with zero attached hydrogens (tertiary/aromatic N) is 4. The van der Waals surface area contributed by atoms with Crippen LogP contribution in [0.4, 0.5) is 0 Å². The lowest BCUT2D eigenvalue weighted by Crippen LogP contribution is -1.96. The van der Waals surface area contributed by atoms with E-state index >= 15 is 0 Å². The number of rotatable bonds is 0. The van der Waals surface area contributed by atoms with Gasteiger partial charge in [-0.3, -0.25) is 0 Å². The van der Waals surface area contributed by atoms with Gasteiger partial charge in [0.1, 0.15) is 6.07 Å². The Morgan fingerprint density at radius 2 is 2.42 bits per heavy atom. The van der Waals surface area contributed by atoms with E-state index in [1.807, 2.05) is 6.07 Å². The molecule has 0 aliphatic heterocycles. The number of nitriles is 1. The highest BCUT2D eigenvalue weighted by Gasteiger charge is 2.05. The fourth-order valence-corrected chi connectivity index (χ4v) is 1.13. The Hall–Kier alpha value is -1.60. The molecule has 0 bridgehead atoms. The molecule has 5 heteroatoms. The molecular weight excluding hydrogens is 176 g/mol. The van der Waals surface area contributed by atoms with Crippen LogP contribution in [-0.2, 0) is 0 Å². The first-order chi connectivity index (χ1) is 5.83. The molecule has 12 heavy (non-hydrogen) atoms. The monoisotopic (exact) mass is 178 g/mol. The Balaban J connectivity index is 2.94. The minimum absolute atomic E-state index is 0.175. The first-order valence-electron chi connectivity index (χ1n) is 3.21. The zero-order chi connectivity index (χ0) is 8.55. The highest BCUT2D eigenvalue weighted by molar-refractivity contribution is 6.30. The lowest BCUT2D eigenvalue weighted by molar-refractivity contribution is 0.926. The highest BCUT2D eigenvalue weighted by atomic mass is 35.5. The lowest BCUT2D eigenvalue weighted by Gasteiger charge is -1.96. The summed E-state index contributed by atoms with van der Waals surface area (Å²) in [7, 11) is 0. The molecule has 0 spiro atoms. The molecule has 4 nitrogen and oxygen atoms in total. The first-order valence-corrected chi connectivity index (χ1v) is 3.59. The maximum absolute atomic E-state index is 8.70. The van der Waals surface area contributed by atoms with Gasteiger partial charge in [-0.15, -0.1) is 0 Å². The van der Waals surface area contributed by atoms with E-state index in [4.69, 9.17) is 16.9 Å². The van der Waals surface area contributed by atoms with Gasteiger partial charge in [0.15, 0.2) is 10.8 Å². The second-order valence-corrected chi connectivity index (χ2v) is 2.54. The second-order valence-electron chi connectivity index (χ2n) is 2.18. The molecule has 2 heterocycles. The zero-order valence-electron chi connectivity index (χ0n) is 5.90. The van der Waals surface area contributed by atoms with Gasteiger partial charge in [0.05, 0.1) is 17.9 Å². The molecule has 0 aliphatic rings. The summed E-state index contributed by atoms with van der Waals surface area (Å²) in [4.78, 5) is 3.83. The number of halogens is 1. The van der Waals surface area contributed by atoms with Crippen molar-refractivity contribution in [3.63, 3.8) is 0 Å². The summed E-state index contributed by atoms with van der Waals surface area (Å²) in [6, 6.07) is 3.68. The Morgan fingerprint density at radius 3 is 3.17 bits per heavy atom. The van der Waals surface area contributed by atoms with E-state index in [-0.39, 0.29) is 10.8 Å². The second kappa shape index (κ2) is 2.47. The van der Waals surface area contributed by atoms with Crippen LogP contribution in [0.3, 0.4) is 0 Å². The minimum atomic E-state index is 0.175. The first kappa shape index (κ1) is 7.07. The van der Waals surface area contributed by atoms with Crippen molar-refractivity contribution in [2.24, 2.45) is 0 Å². The summed E-state index contributed by atoms with van der Waals surface area (Å²) in [6.45, 7) is 0. The minimum Gasteiger partial charge on any atom is -0.239 e. The van der Waals surface area contributed by atoms with Gasteiger partial charge in [-0.05, 0) is 6.07 Å². The van der Waals surface area contributed by atoms with Gasteiger partial charge in [-0.1, -0.05) is 11.6 Å². The molecule has 58 valence electrons. The van der Waals surface area contributed by atoms with Crippen LogP contribution in [0.5, 0.6) is 0 Å². The van der Waals surface area contributed by atoms with E-state index in [0.717, 1.165) is 5.52 Å². The summed E-state index contributed by atoms with van der Waals surface area (Å²) in [5, 5.41) is 12.8. The predicted molar refractivity (Wildman–Crippen MR) is 42.7 cm³/mol. The van der Waals surface area contributed by atoms with Crippen molar-refractivity contribution >= 4 is 17.1 Å². The van der Waals surface area contributed by atoms with E-state index in [1.54, 1.807) is 18.5 Å². The van der Waals surface area contributed by atoms with Crippen LogP contribution in [0.25, 0.3) is 5.52 Å². The summed E-state index contributed by atoms with van der Waals surface area (Å²) < 4.78 is 1.45. The molecule has 2 rings (SSSR count). The van der Waals surface area contributed by atoms with Gasteiger partial charge in [0.2, 0.25) is 0 Å². The maximum atomic E-state index is 8.70. The van der Waals surface area contributed by atoms with Crippen LogP contribution in [0, 0.1) is 11.3 Å². The zero-order valence-corrected chi connectivity index (χ0v) is 6.65. The Morgan fingerprint density at radius 1 is 1.58 bits per heavy atom. The number of hydrogen-bond acceptors (Lipinski definition) is 3. The van der Waals surface area contributed by atoms with Crippen molar-refractivity contribution in [1.29, 1.82) is 5.26 Å². The van der Waals surface area contributed by atoms with Crippen LogP contribution in [0.2, 0.25) is 5.15 Å². The molecule has 0 N–H and O–H groups in total. The van der Waals surface area contributed by atoms with Crippen LogP contribution in [0.1, 0.15) is 5.69 Å². The lowest BCUT2D eigenvalue weighted by atomic mass is 10.4. The average Bonchev–Trinajstić information content (AvgIpc) is 2.52. The summed E-state index contributed by atoms with van der Waals surface area (Å²) in [5.74, 6) is 0. The van der Waals surface area contributed by atoms with Gasteiger partial charge in [0.25, 0.3) is 0 Å². The predicted octanol–water partition coefficient (Wildman–Crippen LogP) is 1.25. The van der Waals surface area contributed by atoms with Gasteiger partial charge in [0, 0.05) is 0 Å². The van der Waals surface area contributed by atoms with Gasteiger partial charge >= 0.3 is 0 Å². The summed E-state index contributed by atoms with van der Waals surface area (Å²) in [6.07, 6.45) is 3.16. The van der Waals surface area contributed by atoms with Gasteiger partial charge < -0.3 is 0 Å². The van der Waals surface area contributed by atoms with Crippen molar-refractivity contribution in [1.82, 2.24) is 14.6 Å². The third-order valence-corrected chi connectivity index (χ3v) is 1.77. The van der Waals surface area contributed by atoms with Gasteiger partial charge in [-0.2, -0.15) is 10.4 Å². The standard InChI is InChI=1S/C7H3ClN4/c8-7-6(3-9)12-5(4-10-7)1-2-11-12/h1-2,4H. The summed E-state index contributed by atoms with van der Waals surface area (Å²) >= 11 is 5.67. The molecule has 0 aromatic carbocycles. The number of hydrogen-bond donors (Lipinski definition) is 0. The van der Waals surface area contributed by atoms with E-state index < -0.39 is 0 Å². The molecular formula is C7H3ClN4. The normalized spacial score (nSPS) is 10.0. The molecule has 0 unspecified atom stereocenters. The molecule has 0 saturated carbocycles. The van der Waals surface area contributed by atoms with Crippen molar-refractivity contribution in [3.8, 4) is 6.07 Å². The maximum Gasteiger partial charge on any atom is 0.179 e. The third-order valence-electron chi connectivity index (χ3n) is 1.50. The van der Waals surface area contributed by atoms with Crippen molar-refractivity contribution in [2.75, 3.05) is 0 Å². The largest absolute Gasteiger partial charge is 0.239 e. The molecule has 0 fully saturated rings. The van der Waals surface area contributed by atoms with Crippen molar-refractivity contribution in [2.45, 2.75) is 0 Å². The fourth-order valence-electron chi connectivity index (χ4n) is 0.963. The average molecular weight is 179 g/mol. The molecule has 2 aromatic heterocycles. The van der Waals surface area contributed by atoms with Crippen LogP contribution < -0.4 is 0 Å². The highest BCUT2D eigenvalue weighted by Crippen LogP contribution is 2.12. The van der Waals surface area contributed by atoms with E-state index in [0.29, 0.717) is 0 Å². The Kier molecular flexibility index (Phi) is 1.45. The molecule has 0 atom stereocenters. The van der Waals surface area contributed by atoms with Crippen LogP contribution in [0.15, 0.2) is 18.5 Å². The SMILES string of the molecule is N#Cc1c(Cl)ncc2ccnn12. The van der Waals surface area contributed by atoms with Crippen LogP contribution >= 0.6 is 11.6 Å². The Labute approximate surface area is 73.0 Å². The Bertz CT molecular complexity index is 468. The summed E-state index contributed by atoms with van der Waals surface area (Å²) in [5.41, 5.74) is 1.02. The molecule has 0 saturated heterocycles. The van der Waals surface area contributed by atoms with Gasteiger partial charge in [-0.25, -0.2) is 9.50 Å². The third kappa shape index (κ3) is 0.840. The van der Waals surface area contributed by atoms with E-state index in [2.05, 4.69) is 10.1 Å². The topological polar surface area (TPSA) is 54.0 Å². The number of fused-ring (bicyclic) bond motifs is 1. The van der Waals surface area contributed by atoms with Crippen LogP contribution in [-0.4, -0.2) is 14.6 Å². The number of aromatic nitrogens is 3. The van der Waals surface area contributed by atoms with Crippen molar-refractivity contribution < 1.29 is 0 Å². The van der Waals surface area contributed by atoms with E-state index in [9.17, 15) is 0 Å². The quantitative estimate of drug-likeness (QED) is 0.610.